The quantitative estimate of drug-likeness (QED) is 0.516. The van der Waals surface area contributed by atoms with Gasteiger partial charge in [0.15, 0.2) is 0 Å². The van der Waals surface area contributed by atoms with Gasteiger partial charge in [-0.25, -0.2) is 4.79 Å². The average Bonchev–Trinajstić information content (AvgIpc) is 3.32. The number of carbonyl (C=O) groups is 3. The molecule has 11 heteroatoms. The maximum atomic E-state index is 12.6. The first-order valence-electron chi connectivity index (χ1n) is 9.32. The lowest BCUT2D eigenvalue weighted by Gasteiger charge is -2.32. The largest absolute Gasteiger partial charge is 0.414 e. The third-order valence-corrected chi connectivity index (χ3v) is 7.05. The molecule has 0 saturated heterocycles. The van der Waals surface area contributed by atoms with Crippen molar-refractivity contribution in [2.75, 3.05) is 6.54 Å². The second-order valence-corrected chi connectivity index (χ2v) is 9.20. The van der Waals surface area contributed by atoms with Crippen LogP contribution in [-0.2, 0) is 16.0 Å². The zero-order valence-electron chi connectivity index (χ0n) is 16.3. The first-order chi connectivity index (χ1) is 14.7. The van der Waals surface area contributed by atoms with E-state index in [1.54, 1.807) is 6.07 Å². The molecule has 1 aliphatic carbocycles. The van der Waals surface area contributed by atoms with Crippen molar-refractivity contribution in [1.29, 1.82) is 0 Å². The molecule has 0 fully saturated rings. The number of benzene rings is 1. The molecule has 4 rings (SSSR count). The van der Waals surface area contributed by atoms with Crippen molar-refractivity contribution < 1.29 is 19.1 Å². The molecule has 0 unspecified atom stereocenters. The first kappa shape index (κ1) is 21.5. The molecule has 31 heavy (non-hydrogen) atoms. The third-order valence-electron chi connectivity index (χ3n) is 5.12. The summed E-state index contributed by atoms with van der Waals surface area (Å²) in [5, 5.41) is 3.18. The predicted molar refractivity (Wildman–Crippen MR) is 119 cm³/mol. The van der Waals surface area contributed by atoms with Gasteiger partial charge in [-0.1, -0.05) is 47.5 Å². The summed E-state index contributed by atoms with van der Waals surface area (Å²) < 4.78 is 6.59. The molecule has 0 radical (unpaired) electrons. The fourth-order valence-electron chi connectivity index (χ4n) is 3.89. The van der Waals surface area contributed by atoms with Gasteiger partial charge in [0.25, 0.3) is 0 Å². The molecule has 1 aromatic carbocycles. The molecule has 2 heterocycles. The summed E-state index contributed by atoms with van der Waals surface area (Å²) in [6.45, 7) is 1.10. The Balaban J connectivity index is 1.55. The number of hydrogen-bond acceptors (Lipinski definition) is 5. The van der Waals surface area contributed by atoms with Gasteiger partial charge < -0.3 is 25.7 Å². The number of carbonyl (C=O) groups excluding carboxylic acids is 3. The molecular weight excluding hydrogens is 463 g/mol. The van der Waals surface area contributed by atoms with Crippen LogP contribution in [0.2, 0.25) is 9.36 Å². The van der Waals surface area contributed by atoms with Crippen LogP contribution < -0.4 is 15.8 Å². The smallest absolute Gasteiger partial charge is 0.393 e. The molecule has 2 aromatic heterocycles. The normalized spacial score (nSPS) is 17.4. The molecule has 1 aliphatic rings. The lowest BCUT2D eigenvalue weighted by molar-refractivity contribution is -0.136. The number of H-pyrrole nitrogens is 1. The molecule has 162 valence electrons. The van der Waals surface area contributed by atoms with Gasteiger partial charge in [-0.15, -0.1) is 11.3 Å². The number of aromatic amines is 1. The number of nitrogens with one attached hydrogen (secondary N) is 2. The molecule has 3 amide bonds. The molecule has 2 atom stereocenters. The zero-order valence-corrected chi connectivity index (χ0v) is 18.6. The predicted octanol–water partition coefficient (Wildman–Crippen LogP) is 3.62. The summed E-state index contributed by atoms with van der Waals surface area (Å²) >= 11 is 13.4. The highest BCUT2D eigenvalue weighted by atomic mass is 35.5. The minimum Gasteiger partial charge on any atom is -0.393 e. The van der Waals surface area contributed by atoms with E-state index in [0.29, 0.717) is 21.3 Å². The van der Waals surface area contributed by atoms with Crippen molar-refractivity contribution in [2.45, 2.75) is 25.4 Å². The number of rotatable bonds is 5. The summed E-state index contributed by atoms with van der Waals surface area (Å²) in [6, 6.07) is 8.10. The standard InChI is InChI=1S/C20H18Cl2N4O4S/c1-9(27)26(8-14(23)28)18-11-5-3-2-4-10(11)6-12(18)24-20(29)30-15-7-13-17(25-15)16(21)19(22)31-13/h2-5,7,12,18,25H,6,8H2,1H3,(H2,23,28)(H,24,29)/t12-,18-/m1/s1. The number of aromatic nitrogens is 1. The Bertz CT molecular complexity index is 1190. The molecule has 4 N–H and O–H groups in total. The minimum atomic E-state index is -0.707. The Morgan fingerprint density at radius 1 is 1.32 bits per heavy atom. The Kier molecular flexibility index (Phi) is 5.83. The van der Waals surface area contributed by atoms with Gasteiger partial charge in [-0.2, -0.15) is 0 Å². The molecule has 0 spiro atoms. The number of thiophene rings is 1. The van der Waals surface area contributed by atoms with Gasteiger partial charge in [0.2, 0.25) is 17.7 Å². The molecular formula is C20H18Cl2N4O4S. The number of halogens is 2. The lowest BCUT2D eigenvalue weighted by atomic mass is 10.0. The van der Waals surface area contributed by atoms with E-state index >= 15 is 0 Å². The molecule has 3 aromatic rings. The van der Waals surface area contributed by atoms with Crippen molar-refractivity contribution in [2.24, 2.45) is 5.73 Å². The van der Waals surface area contributed by atoms with E-state index < -0.39 is 24.1 Å². The maximum absolute atomic E-state index is 12.6. The fraction of sp³-hybridized carbons (Fsp3) is 0.250. The van der Waals surface area contributed by atoms with Gasteiger partial charge in [0.1, 0.15) is 4.34 Å². The fourth-order valence-corrected chi connectivity index (χ4v) is 5.36. The van der Waals surface area contributed by atoms with Crippen molar-refractivity contribution in [1.82, 2.24) is 15.2 Å². The van der Waals surface area contributed by atoms with Crippen LogP contribution in [0.25, 0.3) is 10.2 Å². The monoisotopic (exact) mass is 480 g/mol. The molecule has 8 nitrogen and oxygen atoms in total. The Labute approximate surface area is 191 Å². The molecule has 0 bridgehead atoms. The van der Waals surface area contributed by atoms with Crippen LogP contribution in [0.5, 0.6) is 5.88 Å². The van der Waals surface area contributed by atoms with Crippen LogP contribution in [0.15, 0.2) is 30.3 Å². The lowest BCUT2D eigenvalue weighted by Crippen LogP contribution is -2.49. The van der Waals surface area contributed by atoms with Crippen LogP contribution in [0.4, 0.5) is 4.79 Å². The van der Waals surface area contributed by atoms with E-state index in [9.17, 15) is 14.4 Å². The van der Waals surface area contributed by atoms with Crippen LogP contribution in [0, 0.1) is 0 Å². The second kappa shape index (κ2) is 8.41. The van der Waals surface area contributed by atoms with E-state index in [0.717, 1.165) is 15.8 Å². The van der Waals surface area contributed by atoms with Gasteiger partial charge in [-0.3, -0.25) is 9.59 Å². The SMILES string of the molecule is CC(=O)N(CC(N)=O)[C@@H]1c2ccccc2C[C@H]1NC(=O)Oc1cc2sc(Cl)c(Cl)c2[nH]1. The van der Waals surface area contributed by atoms with E-state index in [4.69, 9.17) is 33.7 Å². The maximum Gasteiger partial charge on any atom is 0.414 e. The first-order valence-corrected chi connectivity index (χ1v) is 10.9. The Hall–Kier alpha value is -2.75. The second-order valence-electron chi connectivity index (χ2n) is 7.16. The highest BCUT2D eigenvalue weighted by Crippen LogP contribution is 2.40. The number of hydrogen-bond donors (Lipinski definition) is 3. The Morgan fingerprint density at radius 3 is 2.74 bits per heavy atom. The van der Waals surface area contributed by atoms with Crippen molar-refractivity contribution in [3.05, 3.63) is 50.8 Å². The van der Waals surface area contributed by atoms with E-state index in [1.165, 1.54) is 23.2 Å². The number of nitrogens with two attached hydrogens (primary N) is 1. The van der Waals surface area contributed by atoms with Crippen molar-refractivity contribution in [3.63, 3.8) is 0 Å². The van der Waals surface area contributed by atoms with Gasteiger partial charge in [0.05, 0.1) is 33.9 Å². The van der Waals surface area contributed by atoms with E-state index in [-0.39, 0.29) is 18.3 Å². The number of ether oxygens (including phenoxy) is 1. The summed E-state index contributed by atoms with van der Waals surface area (Å²) in [4.78, 5) is 40.7. The van der Waals surface area contributed by atoms with Crippen LogP contribution >= 0.6 is 34.5 Å². The van der Waals surface area contributed by atoms with E-state index in [1.807, 2.05) is 24.3 Å². The Morgan fingerprint density at radius 2 is 2.06 bits per heavy atom. The van der Waals surface area contributed by atoms with Crippen LogP contribution in [0.3, 0.4) is 0 Å². The number of primary amides is 1. The highest BCUT2D eigenvalue weighted by Gasteiger charge is 2.39. The van der Waals surface area contributed by atoms with Gasteiger partial charge in [-0.05, 0) is 17.5 Å². The summed E-state index contributed by atoms with van der Waals surface area (Å²) in [5.41, 5.74) is 7.76. The van der Waals surface area contributed by atoms with Crippen molar-refractivity contribution >= 4 is 62.7 Å². The topological polar surface area (TPSA) is 118 Å². The zero-order chi connectivity index (χ0) is 22.3. The summed E-state index contributed by atoms with van der Waals surface area (Å²) in [7, 11) is 0. The molecule has 0 aliphatic heterocycles. The molecule has 0 saturated carbocycles. The summed E-state index contributed by atoms with van der Waals surface area (Å²) in [6.07, 6.45) is -0.235. The summed E-state index contributed by atoms with van der Waals surface area (Å²) in [5.74, 6) is -0.746. The number of amides is 3. The van der Waals surface area contributed by atoms with Crippen LogP contribution in [-0.4, -0.2) is 40.4 Å². The van der Waals surface area contributed by atoms with Gasteiger partial charge in [0, 0.05) is 13.0 Å². The van der Waals surface area contributed by atoms with E-state index in [2.05, 4.69) is 10.3 Å². The van der Waals surface area contributed by atoms with Crippen LogP contribution in [0.1, 0.15) is 24.1 Å². The minimum absolute atomic E-state index is 0.213. The van der Waals surface area contributed by atoms with Crippen molar-refractivity contribution in [3.8, 4) is 5.88 Å². The third kappa shape index (κ3) is 4.21. The number of fused-ring (bicyclic) bond motifs is 2. The number of nitrogens with zero attached hydrogens (tertiary/aromatic N) is 1. The van der Waals surface area contributed by atoms with Gasteiger partial charge >= 0.3 is 6.09 Å². The average molecular weight is 481 g/mol. The highest BCUT2D eigenvalue weighted by molar-refractivity contribution is 7.23.